The zero-order valence-electron chi connectivity index (χ0n) is 32.5. The lowest BCUT2D eigenvalue weighted by atomic mass is 9.94. The third-order valence-corrected chi connectivity index (χ3v) is 11.3. The van der Waals surface area contributed by atoms with E-state index in [2.05, 4.69) is 94.1 Å². The third kappa shape index (κ3) is 7.55. The van der Waals surface area contributed by atoms with Gasteiger partial charge in [-0.3, -0.25) is 4.68 Å². The lowest BCUT2D eigenvalue weighted by Gasteiger charge is -2.29. The fourth-order valence-electron chi connectivity index (χ4n) is 8.66. The van der Waals surface area contributed by atoms with Crippen LogP contribution in [-0.2, 0) is 37.8 Å². The van der Waals surface area contributed by atoms with E-state index in [-0.39, 0.29) is 5.97 Å². The number of rotatable bonds is 11. The Morgan fingerprint density at radius 3 is 2.51 bits per heavy atom. The molecule has 0 atom stereocenters. The molecule has 0 spiro atoms. The molecule has 1 saturated heterocycles. The number of carbonyl (C=O) groups is 1. The number of esters is 1. The van der Waals surface area contributed by atoms with Crippen LogP contribution in [0.2, 0.25) is 0 Å². The maximum absolute atomic E-state index is 14.1. The average Bonchev–Trinajstić information content (AvgIpc) is 3.70. The summed E-state index contributed by atoms with van der Waals surface area (Å²) in [5, 5.41) is 11.9. The van der Waals surface area contributed by atoms with Crippen molar-refractivity contribution in [1.82, 2.24) is 19.7 Å². The highest BCUT2D eigenvalue weighted by molar-refractivity contribution is 6.06. The first-order chi connectivity index (χ1) is 27.0. The van der Waals surface area contributed by atoms with E-state index >= 15 is 0 Å². The van der Waals surface area contributed by atoms with Crippen LogP contribution in [0.5, 0.6) is 11.5 Å². The number of anilines is 1. The minimum absolute atomic E-state index is 0.261. The Morgan fingerprint density at radius 2 is 1.67 bits per heavy atom. The molecule has 0 saturated carbocycles. The summed E-state index contributed by atoms with van der Waals surface area (Å²) in [6.07, 6.45) is 6.64. The van der Waals surface area contributed by atoms with Gasteiger partial charge >= 0.3 is 5.97 Å². The molecule has 2 aliphatic rings. The van der Waals surface area contributed by atoms with Crippen molar-refractivity contribution < 1.29 is 19.0 Å². The molecule has 9 heteroatoms. The number of benzene rings is 4. The molecule has 55 heavy (non-hydrogen) atoms. The monoisotopic (exact) mass is 739 g/mol. The Kier molecular flexibility index (Phi) is 11.1. The van der Waals surface area contributed by atoms with Gasteiger partial charge in [-0.1, -0.05) is 61.4 Å². The van der Waals surface area contributed by atoms with Crippen LogP contribution in [0.1, 0.15) is 72.0 Å². The van der Waals surface area contributed by atoms with Crippen molar-refractivity contribution >= 4 is 33.3 Å². The second-order valence-electron chi connectivity index (χ2n) is 14.9. The summed E-state index contributed by atoms with van der Waals surface area (Å²) in [7, 11) is 2.06. The van der Waals surface area contributed by atoms with Gasteiger partial charge in [-0.15, -0.1) is 0 Å². The zero-order chi connectivity index (χ0) is 37.7. The van der Waals surface area contributed by atoms with E-state index in [0.717, 1.165) is 132 Å². The highest BCUT2D eigenvalue weighted by Crippen LogP contribution is 2.41. The molecule has 0 radical (unpaired) electrons. The normalized spacial score (nSPS) is 14.8. The van der Waals surface area contributed by atoms with Crippen molar-refractivity contribution in [2.24, 2.45) is 7.05 Å². The number of nitrogens with zero attached hydrogens (tertiary/aromatic N) is 4. The summed E-state index contributed by atoms with van der Waals surface area (Å²) < 4.78 is 23.0. The molecule has 0 unspecified atom stereocenters. The maximum atomic E-state index is 14.1. The average molecular weight is 740 g/mol. The molecular weight excluding hydrogens is 687 g/mol. The van der Waals surface area contributed by atoms with Gasteiger partial charge in [-0.2, -0.15) is 5.10 Å². The number of aryl methyl sites for hydroxylation is 4. The summed E-state index contributed by atoms with van der Waals surface area (Å²) in [4.78, 5) is 16.5. The summed E-state index contributed by atoms with van der Waals surface area (Å²) in [6.45, 7) is 10.0. The van der Waals surface area contributed by atoms with E-state index in [9.17, 15) is 4.79 Å². The predicted octanol–water partition coefficient (Wildman–Crippen LogP) is 8.80. The molecular formula is C46H53N5O4. The van der Waals surface area contributed by atoms with E-state index in [1.165, 1.54) is 11.4 Å². The Balaban J connectivity index is 1.16. The molecule has 8 rings (SSSR count). The van der Waals surface area contributed by atoms with Crippen molar-refractivity contribution in [3.05, 3.63) is 107 Å². The number of ether oxygens (including phenoxy) is 3. The number of hydrogen-bond acceptors (Lipinski definition) is 7. The van der Waals surface area contributed by atoms with Crippen LogP contribution < -0.4 is 19.7 Å². The SMILES string of the molecule is CCOC(=O)c1c(CCCOc2cccc3ccccc23)c2c(C)ccc3c2n1CCCCCCc1c-3c(COc2ccc(N3CCNCC3)cc2)nn1C. The molecule has 0 amide bonds. The van der Waals surface area contributed by atoms with Crippen molar-refractivity contribution in [2.45, 2.75) is 71.9 Å². The molecule has 286 valence electrons. The lowest BCUT2D eigenvalue weighted by molar-refractivity contribution is 0.0512. The highest BCUT2D eigenvalue weighted by Gasteiger charge is 2.29. The Bertz CT molecular complexity index is 2280. The number of fused-ring (bicyclic) bond motifs is 3. The molecule has 1 N–H and O–H groups in total. The van der Waals surface area contributed by atoms with Crippen molar-refractivity contribution in [1.29, 1.82) is 0 Å². The second kappa shape index (κ2) is 16.6. The minimum atomic E-state index is -0.261. The van der Waals surface area contributed by atoms with Crippen LogP contribution in [0.4, 0.5) is 5.69 Å². The Labute approximate surface area is 324 Å². The van der Waals surface area contributed by atoms with Gasteiger partial charge in [0.05, 0.1) is 18.7 Å². The lowest BCUT2D eigenvalue weighted by Crippen LogP contribution is -2.43. The van der Waals surface area contributed by atoms with E-state index in [4.69, 9.17) is 19.3 Å². The summed E-state index contributed by atoms with van der Waals surface area (Å²) >= 11 is 0. The number of aromatic nitrogens is 3. The summed E-state index contributed by atoms with van der Waals surface area (Å²) in [6, 6.07) is 27.4. The van der Waals surface area contributed by atoms with Crippen molar-refractivity contribution in [3.8, 4) is 22.6 Å². The van der Waals surface area contributed by atoms with Crippen molar-refractivity contribution in [2.75, 3.05) is 44.3 Å². The topological polar surface area (TPSA) is 82.8 Å². The fourth-order valence-corrected chi connectivity index (χ4v) is 8.66. The molecule has 4 aromatic carbocycles. The van der Waals surface area contributed by atoms with Crippen LogP contribution in [-0.4, -0.2) is 59.7 Å². The van der Waals surface area contributed by atoms with Gasteiger partial charge in [-0.05, 0) is 92.8 Å². The minimum Gasteiger partial charge on any atom is -0.493 e. The van der Waals surface area contributed by atoms with Gasteiger partial charge in [-0.25, -0.2) is 4.79 Å². The van der Waals surface area contributed by atoms with Gasteiger partial charge in [0.15, 0.2) is 0 Å². The quantitative estimate of drug-likeness (QED) is 0.105. The Hall–Kier alpha value is -5.28. The van der Waals surface area contributed by atoms with Crippen LogP contribution in [0.15, 0.2) is 78.9 Å². The van der Waals surface area contributed by atoms with Gasteiger partial charge < -0.3 is 29.0 Å². The first-order valence-electron chi connectivity index (χ1n) is 20.2. The number of nitrogens with one attached hydrogen (secondary N) is 1. The number of hydrogen-bond donors (Lipinski definition) is 1. The van der Waals surface area contributed by atoms with E-state index in [1.807, 2.05) is 25.1 Å². The summed E-state index contributed by atoms with van der Waals surface area (Å²) in [5.41, 5.74) is 9.49. The van der Waals surface area contributed by atoms with E-state index < -0.39 is 0 Å². The summed E-state index contributed by atoms with van der Waals surface area (Å²) in [5.74, 6) is 1.45. The molecule has 4 heterocycles. The molecule has 1 fully saturated rings. The fraction of sp³-hybridized carbons (Fsp3) is 0.391. The van der Waals surface area contributed by atoms with Crippen LogP contribution >= 0.6 is 0 Å². The van der Waals surface area contributed by atoms with Gasteiger partial charge in [0.25, 0.3) is 0 Å². The zero-order valence-corrected chi connectivity index (χ0v) is 32.5. The number of carbonyl (C=O) groups excluding carboxylic acids is 1. The van der Waals surface area contributed by atoms with Crippen LogP contribution in [0.3, 0.4) is 0 Å². The molecule has 0 aliphatic carbocycles. The molecule has 2 aromatic heterocycles. The standard InChI is InChI=1S/C46H53N5O4/c1-4-53-46(52)45-37(16-12-30-54-41-18-11-14-33-13-8-9-15-36(33)41)42-32(2)19-24-38-43-39(31-55-35-22-20-34(21-23-35)50-28-25-47-26-29-50)48-49(3)40(43)17-7-5-6-10-27-51(45)44(38)42/h8-9,11,13-15,18-24,47H,4-7,10,12,16-17,25-31H2,1-3H3. The highest BCUT2D eigenvalue weighted by atomic mass is 16.5. The molecule has 2 aliphatic heterocycles. The first-order valence-corrected chi connectivity index (χ1v) is 20.2. The van der Waals surface area contributed by atoms with Gasteiger partial charge in [0.2, 0.25) is 0 Å². The van der Waals surface area contributed by atoms with Gasteiger partial charge in [0.1, 0.15) is 29.5 Å². The second-order valence-corrected chi connectivity index (χ2v) is 14.9. The molecule has 9 nitrogen and oxygen atoms in total. The predicted molar refractivity (Wildman–Crippen MR) is 221 cm³/mol. The van der Waals surface area contributed by atoms with E-state index in [0.29, 0.717) is 31.9 Å². The molecule has 0 bridgehead atoms. The van der Waals surface area contributed by atoms with Crippen LogP contribution in [0.25, 0.3) is 32.8 Å². The van der Waals surface area contributed by atoms with Crippen molar-refractivity contribution in [3.63, 3.8) is 0 Å². The first kappa shape index (κ1) is 36.7. The largest absolute Gasteiger partial charge is 0.493 e. The smallest absolute Gasteiger partial charge is 0.355 e. The van der Waals surface area contributed by atoms with Gasteiger partial charge in [0, 0.05) is 73.1 Å². The van der Waals surface area contributed by atoms with Crippen LogP contribution in [0, 0.1) is 6.92 Å². The Morgan fingerprint density at radius 1 is 0.873 bits per heavy atom. The van der Waals surface area contributed by atoms with E-state index in [1.54, 1.807) is 0 Å². The number of piperazine rings is 1. The molecule has 6 aromatic rings. The third-order valence-electron chi connectivity index (χ3n) is 11.3. The maximum Gasteiger partial charge on any atom is 0.355 e.